The summed E-state index contributed by atoms with van der Waals surface area (Å²) in [5, 5.41) is 5.84. The van der Waals surface area contributed by atoms with Gasteiger partial charge in [0.25, 0.3) is 5.91 Å². The highest BCUT2D eigenvalue weighted by Crippen LogP contribution is 2.33. The van der Waals surface area contributed by atoms with Gasteiger partial charge < -0.3 is 21.3 Å². The number of aromatic nitrogens is 3. The molecule has 0 saturated carbocycles. The maximum atomic E-state index is 14.9. The molecular weight excluding hydrogens is 496 g/mol. The lowest BCUT2D eigenvalue weighted by Crippen LogP contribution is -2.15. The summed E-state index contributed by atoms with van der Waals surface area (Å²) >= 11 is 1.35. The Morgan fingerprint density at radius 1 is 1.05 bits per heavy atom. The van der Waals surface area contributed by atoms with Gasteiger partial charge in [-0.25, -0.2) is 18.7 Å². The number of carbonyl (C=O) groups excluding carboxylic acids is 1. The fourth-order valence-corrected chi connectivity index (χ4v) is 4.74. The molecule has 5 aromatic rings. The molecule has 8 nitrogen and oxygen atoms in total. The normalized spacial score (nSPS) is 11.3. The van der Waals surface area contributed by atoms with E-state index in [0.29, 0.717) is 5.13 Å². The van der Waals surface area contributed by atoms with E-state index < -0.39 is 17.5 Å². The first-order chi connectivity index (χ1) is 17.8. The summed E-state index contributed by atoms with van der Waals surface area (Å²) in [6.45, 7) is 0.735. The van der Waals surface area contributed by atoms with Crippen LogP contribution in [0.3, 0.4) is 0 Å². The molecule has 3 aromatic heterocycles. The van der Waals surface area contributed by atoms with E-state index in [1.54, 1.807) is 12.4 Å². The monoisotopic (exact) mass is 519 g/mol. The highest BCUT2D eigenvalue weighted by molar-refractivity contribution is 7.18. The zero-order valence-electron chi connectivity index (χ0n) is 20.0. The van der Waals surface area contributed by atoms with Crippen LogP contribution in [0.4, 0.5) is 31.0 Å². The SMILES string of the molecule is CN(C)Cc1cccc2ncc(-c3cnc(Nc4ccc(C(=O)Nc5c(N)cccc5F)cc4F)s3)n12. The van der Waals surface area contributed by atoms with E-state index in [9.17, 15) is 13.6 Å². The number of anilines is 4. The zero-order valence-corrected chi connectivity index (χ0v) is 20.8. The lowest BCUT2D eigenvalue weighted by Gasteiger charge is -2.13. The van der Waals surface area contributed by atoms with Gasteiger partial charge in [0.05, 0.1) is 28.1 Å². The van der Waals surface area contributed by atoms with Crippen LogP contribution in [0.5, 0.6) is 0 Å². The topological polar surface area (TPSA) is 101 Å². The Morgan fingerprint density at radius 3 is 2.62 bits per heavy atom. The molecule has 0 spiro atoms. The number of pyridine rings is 1. The number of benzene rings is 2. The van der Waals surface area contributed by atoms with Gasteiger partial charge in [0, 0.05) is 24.0 Å². The van der Waals surface area contributed by atoms with Gasteiger partial charge in [-0.05, 0) is 56.6 Å². The van der Waals surface area contributed by atoms with Gasteiger partial charge in [-0.3, -0.25) is 9.20 Å². The molecular formula is C26H23F2N7OS. The van der Waals surface area contributed by atoms with Gasteiger partial charge in [0.15, 0.2) is 5.13 Å². The second-order valence-corrected chi connectivity index (χ2v) is 9.63. The first-order valence-electron chi connectivity index (χ1n) is 11.3. The van der Waals surface area contributed by atoms with Crippen molar-refractivity contribution >= 4 is 45.1 Å². The Labute approximate surface area is 215 Å². The van der Waals surface area contributed by atoms with E-state index in [4.69, 9.17) is 5.73 Å². The quantitative estimate of drug-likeness (QED) is 0.250. The van der Waals surface area contributed by atoms with E-state index in [1.165, 1.54) is 41.7 Å². The van der Waals surface area contributed by atoms with Crippen molar-refractivity contribution in [2.45, 2.75) is 6.54 Å². The molecule has 0 aliphatic rings. The first-order valence-corrected chi connectivity index (χ1v) is 12.1. The number of fused-ring (bicyclic) bond motifs is 1. The highest BCUT2D eigenvalue weighted by Gasteiger charge is 2.16. The number of amides is 1. The number of nitrogens with zero attached hydrogens (tertiary/aromatic N) is 4. The summed E-state index contributed by atoms with van der Waals surface area (Å²) in [6.07, 6.45) is 3.50. The van der Waals surface area contributed by atoms with Crippen molar-refractivity contribution in [1.29, 1.82) is 0 Å². The predicted octanol–water partition coefficient (Wildman–Crippen LogP) is 5.38. The molecule has 0 radical (unpaired) electrons. The van der Waals surface area contributed by atoms with E-state index in [-0.39, 0.29) is 22.6 Å². The molecule has 188 valence electrons. The van der Waals surface area contributed by atoms with E-state index >= 15 is 0 Å². The third-order valence-electron chi connectivity index (χ3n) is 5.60. The summed E-state index contributed by atoms with van der Waals surface area (Å²) in [7, 11) is 4.01. The summed E-state index contributed by atoms with van der Waals surface area (Å²) < 4.78 is 30.9. The molecule has 2 aromatic carbocycles. The number of hydrogen-bond donors (Lipinski definition) is 3. The van der Waals surface area contributed by atoms with Crippen LogP contribution in [0, 0.1) is 11.6 Å². The average molecular weight is 520 g/mol. The van der Waals surface area contributed by atoms with Crippen molar-refractivity contribution in [3.63, 3.8) is 0 Å². The Morgan fingerprint density at radius 2 is 1.86 bits per heavy atom. The van der Waals surface area contributed by atoms with Crippen molar-refractivity contribution in [2.24, 2.45) is 0 Å². The van der Waals surface area contributed by atoms with Crippen molar-refractivity contribution in [1.82, 2.24) is 19.3 Å². The summed E-state index contributed by atoms with van der Waals surface area (Å²) in [5.74, 6) is -2.01. The minimum absolute atomic E-state index is 0.0182. The van der Waals surface area contributed by atoms with E-state index in [1.807, 2.05) is 32.3 Å². The maximum absolute atomic E-state index is 14.9. The van der Waals surface area contributed by atoms with Gasteiger partial charge in [-0.15, -0.1) is 0 Å². The molecule has 4 N–H and O–H groups in total. The van der Waals surface area contributed by atoms with Crippen LogP contribution < -0.4 is 16.4 Å². The Balaban J connectivity index is 1.35. The molecule has 0 bridgehead atoms. The smallest absolute Gasteiger partial charge is 0.255 e. The van der Waals surface area contributed by atoms with Crippen LogP contribution in [-0.4, -0.2) is 39.3 Å². The molecule has 0 aliphatic heterocycles. The molecule has 0 unspecified atom stereocenters. The first kappa shape index (κ1) is 24.3. The summed E-state index contributed by atoms with van der Waals surface area (Å²) in [5.41, 5.74) is 8.62. The molecule has 11 heteroatoms. The number of imidazole rings is 1. The number of halogens is 2. The number of carbonyl (C=O) groups is 1. The standard InChI is InChI=1S/C26H23F2N7OS/c1-34(2)14-16-5-3-8-23-30-12-21(35(16)23)22-13-31-26(37-22)32-20-10-9-15(11-18(20)28)25(36)33-24-17(27)6-4-7-19(24)29/h3-13H,14,29H2,1-2H3,(H,31,32)(H,33,36). The highest BCUT2D eigenvalue weighted by atomic mass is 32.1. The lowest BCUT2D eigenvalue weighted by atomic mass is 10.1. The molecule has 1 amide bonds. The zero-order chi connectivity index (χ0) is 26.1. The molecule has 0 atom stereocenters. The van der Waals surface area contributed by atoms with Crippen molar-refractivity contribution < 1.29 is 13.6 Å². The fourth-order valence-electron chi connectivity index (χ4n) is 3.91. The predicted molar refractivity (Wildman–Crippen MR) is 142 cm³/mol. The number of nitrogens with two attached hydrogens (primary N) is 1. The molecule has 3 heterocycles. The number of para-hydroxylation sites is 1. The molecule has 5 rings (SSSR count). The van der Waals surface area contributed by atoms with Crippen LogP contribution >= 0.6 is 11.3 Å². The number of nitrogen functional groups attached to an aromatic ring is 1. The molecule has 37 heavy (non-hydrogen) atoms. The lowest BCUT2D eigenvalue weighted by molar-refractivity contribution is 0.102. The Hall–Kier alpha value is -4.35. The van der Waals surface area contributed by atoms with E-state index in [2.05, 4.69) is 29.9 Å². The maximum Gasteiger partial charge on any atom is 0.255 e. The van der Waals surface area contributed by atoms with E-state index in [0.717, 1.165) is 34.5 Å². The largest absolute Gasteiger partial charge is 0.397 e. The van der Waals surface area contributed by atoms with Crippen LogP contribution in [0.2, 0.25) is 0 Å². The summed E-state index contributed by atoms with van der Waals surface area (Å²) in [6, 6.07) is 14.0. The third-order valence-corrected chi connectivity index (χ3v) is 6.54. The molecule has 0 aliphatic carbocycles. The van der Waals surface area contributed by atoms with Crippen LogP contribution in [0.1, 0.15) is 16.1 Å². The van der Waals surface area contributed by atoms with Gasteiger partial charge in [0.1, 0.15) is 23.0 Å². The van der Waals surface area contributed by atoms with Gasteiger partial charge in [-0.2, -0.15) is 0 Å². The minimum atomic E-state index is -0.681. The molecule has 0 saturated heterocycles. The van der Waals surface area contributed by atoms with Crippen molar-refractivity contribution in [3.05, 3.63) is 89.9 Å². The Bertz CT molecular complexity index is 1590. The van der Waals surface area contributed by atoms with Crippen LogP contribution in [0.25, 0.3) is 16.2 Å². The molecule has 0 fully saturated rings. The average Bonchev–Trinajstić information content (AvgIpc) is 3.50. The fraction of sp³-hybridized carbons (Fsp3) is 0.115. The number of thiazole rings is 1. The van der Waals surface area contributed by atoms with Crippen molar-refractivity contribution in [3.8, 4) is 10.6 Å². The second kappa shape index (κ2) is 9.96. The van der Waals surface area contributed by atoms with Crippen LogP contribution in [-0.2, 0) is 6.54 Å². The van der Waals surface area contributed by atoms with Crippen molar-refractivity contribution in [2.75, 3.05) is 30.5 Å². The number of rotatable bonds is 7. The Kier molecular flexibility index (Phi) is 6.55. The second-order valence-electron chi connectivity index (χ2n) is 8.60. The van der Waals surface area contributed by atoms with Gasteiger partial charge in [0.2, 0.25) is 0 Å². The van der Waals surface area contributed by atoms with Crippen LogP contribution in [0.15, 0.2) is 67.0 Å². The summed E-state index contributed by atoms with van der Waals surface area (Å²) in [4.78, 5) is 24.4. The van der Waals surface area contributed by atoms with Gasteiger partial charge >= 0.3 is 0 Å². The van der Waals surface area contributed by atoms with Gasteiger partial charge in [-0.1, -0.05) is 23.5 Å². The minimum Gasteiger partial charge on any atom is -0.397 e. The number of hydrogen-bond acceptors (Lipinski definition) is 7. The number of nitrogens with one attached hydrogen (secondary N) is 2. The third kappa shape index (κ3) is 4.99.